The van der Waals surface area contributed by atoms with Crippen molar-refractivity contribution >= 4 is 58.0 Å². The molecule has 178 valence electrons. The SMILES string of the molecule is CCOC(=O)C(Cc1cc2ccc(C(=N)N)cc2s1)c1ccc(O[C@H]2CCNC2)cc1.Cl.Cl. The van der Waals surface area contributed by atoms with Crippen LogP contribution in [0.3, 0.4) is 0 Å². The Balaban J connectivity index is 0.00000193. The van der Waals surface area contributed by atoms with Crippen molar-refractivity contribution in [3.63, 3.8) is 0 Å². The first-order valence-corrected chi connectivity index (χ1v) is 11.4. The Labute approximate surface area is 210 Å². The van der Waals surface area contributed by atoms with Crippen LogP contribution < -0.4 is 15.8 Å². The van der Waals surface area contributed by atoms with Crippen LogP contribution in [0.1, 0.15) is 35.3 Å². The number of esters is 1. The number of nitrogens with one attached hydrogen (secondary N) is 2. The van der Waals surface area contributed by atoms with E-state index in [2.05, 4.69) is 11.4 Å². The second-order valence-electron chi connectivity index (χ2n) is 7.69. The van der Waals surface area contributed by atoms with Crippen LogP contribution in [0, 0.1) is 5.41 Å². The fourth-order valence-electron chi connectivity index (χ4n) is 3.84. The van der Waals surface area contributed by atoms with E-state index in [9.17, 15) is 4.79 Å². The molecule has 2 heterocycles. The number of halogens is 2. The van der Waals surface area contributed by atoms with Gasteiger partial charge in [0.1, 0.15) is 17.7 Å². The molecule has 6 nitrogen and oxygen atoms in total. The molecule has 0 spiro atoms. The summed E-state index contributed by atoms with van der Waals surface area (Å²) in [6.45, 7) is 4.02. The molecule has 1 fully saturated rings. The number of benzene rings is 2. The lowest BCUT2D eigenvalue weighted by Crippen LogP contribution is -2.20. The standard InChI is InChI=1S/C24H27N3O3S.2ClH/c1-2-29-24(28)21(15-5-7-18(8-6-15)30-19-9-10-27-14-19)13-20-11-16-3-4-17(23(25)26)12-22(16)31-20;;/h3-8,11-12,19,21,27H,2,9-10,13-14H2,1H3,(H3,25,26);2*1H/t19-,21?;;/m0../s1. The van der Waals surface area contributed by atoms with Crippen molar-refractivity contribution in [3.8, 4) is 5.75 Å². The molecule has 0 bridgehead atoms. The summed E-state index contributed by atoms with van der Waals surface area (Å²) in [5, 5.41) is 12.0. The molecule has 0 amide bonds. The lowest BCUT2D eigenvalue weighted by Gasteiger charge is -2.17. The van der Waals surface area contributed by atoms with E-state index in [4.69, 9.17) is 20.6 Å². The molecule has 4 rings (SSSR count). The van der Waals surface area contributed by atoms with Crippen molar-refractivity contribution in [3.05, 3.63) is 64.5 Å². The Hall–Kier alpha value is -2.32. The second kappa shape index (κ2) is 12.2. The van der Waals surface area contributed by atoms with Crippen LogP contribution in [0.5, 0.6) is 5.75 Å². The lowest BCUT2D eigenvalue weighted by atomic mass is 9.94. The highest BCUT2D eigenvalue weighted by atomic mass is 35.5. The molecule has 2 aromatic carbocycles. The Kier molecular flexibility index (Phi) is 9.98. The first-order chi connectivity index (χ1) is 15.0. The van der Waals surface area contributed by atoms with E-state index in [0.717, 1.165) is 45.8 Å². The number of ether oxygens (including phenoxy) is 2. The molecule has 1 unspecified atom stereocenters. The third kappa shape index (κ3) is 6.60. The largest absolute Gasteiger partial charge is 0.489 e. The quantitative estimate of drug-likeness (QED) is 0.233. The van der Waals surface area contributed by atoms with Crippen LogP contribution in [-0.2, 0) is 16.0 Å². The zero-order valence-corrected chi connectivity index (χ0v) is 20.8. The molecule has 0 saturated carbocycles. The molecule has 1 aliphatic heterocycles. The number of carbonyl (C=O) groups excluding carboxylic acids is 1. The van der Waals surface area contributed by atoms with Crippen LogP contribution in [0.4, 0.5) is 0 Å². The van der Waals surface area contributed by atoms with Crippen LogP contribution >= 0.6 is 36.2 Å². The second-order valence-corrected chi connectivity index (χ2v) is 8.86. The number of hydrogen-bond acceptors (Lipinski definition) is 6. The third-order valence-corrected chi connectivity index (χ3v) is 6.58. The summed E-state index contributed by atoms with van der Waals surface area (Å²) in [4.78, 5) is 13.9. The van der Waals surface area contributed by atoms with E-state index in [0.29, 0.717) is 18.6 Å². The van der Waals surface area contributed by atoms with Gasteiger partial charge in [-0.15, -0.1) is 36.2 Å². The van der Waals surface area contributed by atoms with Crippen molar-refractivity contribution in [1.82, 2.24) is 5.32 Å². The average molecular weight is 510 g/mol. The van der Waals surface area contributed by atoms with Gasteiger partial charge in [-0.3, -0.25) is 10.2 Å². The number of carbonyl (C=O) groups is 1. The minimum absolute atomic E-state index is 0. The number of thiophene rings is 1. The summed E-state index contributed by atoms with van der Waals surface area (Å²) >= 11 is 1.62. The van der Waals surface area contributed by atoms with Gasteiger partial charge in [0.15, 0.2) is 0 Å². The van der Waals surface area contributed by atoms with Gasteiger partial charge in [-0.2, -0.15) is 0 Å². The van der Waals surface area contributed by atoms with E-state index in [-0.39, 0.29) is 48.6 Å². The summed E-state index contributed by atoms with van der Waals surface area (Å²) in [6, 6.07) is 15.6. The molecule has 4 N–H and O–H groups in total. The number of amidine groups is 1. The highest BCUT2D eigenvalue weighted by molar-refractivity contribution is 7.19. The number of fused-ring (bicyclic) bond motifs is 1. The minimum atomic E-state index is -0.387. The zero-order chi connectivity index (χ0) is 21.8. The molecule has 1 aliphatic rings. The summed E-state index contributed by atoms with van der Waals surface area (Å²) in [7, 11) is 0. The topological polar surface area (TPSA) is 97.4 Å². The smallest absolute Gasteiger partial charge is 0.313 e. The molecule has 9 heteroatoms. The third-order valence-electron chi connectivity index (χ3n) is 5.46. The molecule has 1 aromatic heterocycles. The fraction of sp³-hybridized carbons (Fsp3) is 0.333. The molecule has 2 atom stereocenters. The monoisotopic (exact) mass is 509 g/mol. The maximum absolute atomic E-state index is 12.8. The van der Waals surface area contributed by atoms with Gasteiger partial charge in [-0.25, -0.2) is 0 Å². The van der Waals surface area contributed by atoms with E-state index in [1.807, 2.05) is 49.4 Å². The van der Waals surface area contributed by atoms with Gasteiger partial charge >= 0.3 is 5.97 Å². The number of nitrogens with two attached hydrogens (primary N) is 1. The first-order valence-electron chi connectivity index (χ1n) is 10.5. The maximum atomic E-state index is 12.8. The molecule has 0 radical (unpaired) electrons. The van der Waals surface area contributed by atoms with Crippen molar-refractivity contribution < 1.29 is 14.3 Å². The highest BCUT2D eigenvalue weighted by Gasteiger charge is 2.24. The predicted octanol–water partition coefficient (Wildman–Crippen LogP) is 4.66. The molecule has 0 aliphatic carbocycles. The highest BCUT2D eigenvalue weighted by Crippen LogP contribution is 2.32. The van der Waals surface area contributed by atoms with E-state index >= 15 is 0 Å². The summed E-state index contributed by atoms with van der Waals surface area (Å²) in [5.74, 6) is 0.260. The van der Waals surface area contributed by atoms with E-state index in [1.165, 1.54) is 0 Å². The molecule has 33 heavy (non-hydrogen) atoms. The molecular weight excluding hydrogens is 481 g/mol. The first kappa shape index (κ1) is 26.9. The summed E-state index contributed by atoms with van der Waals surface area (Å²) < 4.78 is 12.4. The molecule has 3 aromatic rings. The Morgan fingerprint density at radius 3 is 2.61 bits per heavy atom. The van der Waals surface area contributed by atoms with Crippen LogP contribution in [0.15, 0.2) is 48.5 Å². The Bertz CT molecular complexity index is 1080. The van der Waals surface area contributed by atoms with Gasteiger partial charge in [-0.1, -0.05) is 24.3 Å². The van der Waals surface area contributed by atoms with Gasteiger partial charge in [0, 0.05) is 21.7 Å². The van der Waals surface area contributed by atoms with Crippen LogP contribution in [0.25, 0.3) is 10.1 Å². The van der Waals surface area contributed by atoms with E-state index < -0.39 is 0 Å². The fourth-order valence-corrected chi connectivity index (χ4v) is 4.98. The van der Waals surface area contributed by atoms with Crippen molar-refractivity contribution in [2.75, 3.05) is 19.7 Å². The van der Waals surface area contributed by atoms with Crippen molar-refractivity contribution in [1.29, 1.82) is 5.41 Å². The van der Waals surface area contributed by atoms with Gasteiger partial charge < -0.3 is 20.5 Å². The van der Waals surface area contributed by atoms with Crippen molar-refractivity contribution in [2.24, 2.45) is 5.73 Å². The molecule has 1 saturated heterocycles. The Morgan fingerprint density at radius 2 is 1.97 bits per heavy atom. The normalized spacial score (nSPS) is 15.8. The zero-order valence-electron chi connectivity index (χ0n) is 18.3. The summed E-state index contributed by atoms with van der Waals surface area (Å²) in [6.07, 6.45) is 1.76. The predicted molar refractivity (Wildman–Crippen MR) is 139 cm³/mol. The van der Waals surface area contributed by atoms with Gasteiger partial charge in [0.25, 0.3) is 0 Å². The number of hydrogen-bond donors (Lipinski definition) is 3. The minimum Gasteiger partial charge on any atom is -0.489 e. The summed E-state index contributed by atoms with van der Waals surface area (Å²) in [5.41, 5.74) is 7.24. The lowest BCUT2D eigenvalue weighted by molar-refractivity contribution is -0.144. The van der Waals surface area contributed by atoms with Gasteiger partial charge in [0.05, 0.1) is 12.5 Å². The van der Waals surface area contributed by atoms with Crippen molar-refractivity contribution in [2.45, 2.75) is 31.8 Å². The molecular formula is C24H29Cl2N3O3S. The van der Waals surface area contributed by atoms with Crippen LogP contribution in [-0.4, -0.2) is 37.6 Å². The average Bonchev–Trinajstić information content (AvgIpc) is 3.41. The van der Waals surface area contributed by atoms with Gasteiger partial charge in [0.2, 0.25) is 0 Å². The maximum Gasteiger partial charge on any atom is 0.313 e. The number of nitrogen functional groups attached to an aromatic ring is 1. The Morgan fingerprint density at radius 1 is 1.21 bits per heavy atom. The van der Waals surface area contributed by atoms with E-state index in [1.54, 1.807) is 11.3 Å². The van der Waals surface area contributed by atoms with Gasteiger partial charge in [-0.05, 0) is 61.5 Å². The van der Waals surface area contributed by atoms with Crippen LogP contribution in [0.2, 0.25) is 0 Å². The number of rotatable bonds is 8.